The Kier molecular flexibility index (Phi) is 22.0. The summed E-state index contributed by atoms with van der Waals surface area (Å²) in [5.74, 6) is -0.799. The summed E-state index contributed by atoms with van der Waals surface area (Å²) in [5.41, 5.74) is 11.5. The van der Waals surface area contributed by atoms with Gasteiger partial charge in [-0.3, -0.25) is 14.7 Å². The number of nitrogens with two attached hydrogens (primary N) is 2. The van der Waals surface area contributed by atoms with Gasteiger partial charge in [0, 0.05) is 14.1 Å². The Morgan fingerprint density at radius 3 is 2.23 bits per heavy atom. The minimum absolute atomic E-state index is 0.0443. The zero-order valence-electron chi connectivity index (χ0n) is 19.8. The van der Waals surface area contributed by atoms with Gasteiger partial charge in [0.25, 0.3) is 5.91 Å². The van der Waals surface area contributed by atoms with Crippen molar-refractivity contribution in [2.75, 3.05) is 19.4 Å². The van der Waals surface area contributed by atoms with Crippen LogP contribution in [0.5, 0.6) is 0 Å². The molecule has 1 atom stereocenters. The number of amidine groups is 1. The Hall–Kier alpha value is -2.94. The first-order valence-corrected chi connectivity index (χ1v) is 9.95. The molecule has 9 nitrogen and oxygen atoms in total. The molecule has 1 aromatic heterocycles. The second-order valence-corrected chi connectivity index (χ2v) is 5.83. The number of carbonyl (C=O) groups excluding carboxylic acids is 2. The van der Waals surface area contributed by atoms with Crippen molar-refractivity contribution in [3.05, 3.63) is 36.7 Å². The summed E-state index contributed by atoms with van der Waals surface area (Å²) < 4.78 is 0. The van der Waals surface area contributed by atoms with Crippen LogP contribution in [-0.4, -0.2) is 53.0 Å². The molecule has 9 heteroatoms. The number of aromatic amines is 1. The second kappa shape index (κ2) is 20.8. The van der Waals surface area contributed by atoms with Crippen LogP contribution in [0.1, 0.15) is 53.7 Å². The van der Waals surface area contributed by atoms with Crippen molar-refractivity contribution in [1.82, 2.24) is 15.1 Å². The lowest BCUT2D eigenvalue weighted by atomic mass is 10.2. The van der Waals surface area contributed by atoms with Crippen molar-refractivity contribution in [2.45, 2.75) is 60.5 Å². The molecule has 0 aliphatic carbocycles. The molecule has 0 spiro atoms. The molecular weight excluding hydrogens is 382 g/mol. The first-order chi connectivity index (χ1) is 14.1. The number of likely N-dealkylation sites (N-methyl/N-ethyl adjacent to an activating group) is 1. The van der Waals surface area contributed by atoms with E-state index >= 15 is 0 Å². The number of aromatic nitrogens is 2. The van der Waals surface area contributed by atoms with Crippen molar-refractivity contribution >= 4 is 23.3 Å². The van der Waals surface area contributed by atoms with Crippen LogP contribution in [0.25, 0.3) is 0 Å². The number of anilines is 1. The van der Waals surface area contributed by atoms with Crippen LogP contribution in [0.3, 0.4) is 0 Å². The average Bonchev–Trinajstić information content (AvgIpc) is 3.08. The highest BCUT2D eigenvalue weighted by atomic mass is 16.2. The van der Waals surface area contributed by atoms with Gasteiger partial charge in [-0.05, 0) is 27.2 Å². The smallest absolute Gasteiger partial charge is 0.291 e. The molecule has 0 aliphatic rings. The van der Waals surface area contributed by atoms with E-state index in [9.17, 15) is 9.59 Å². The van der Waals surface area contributed by atoms with Crippen molar-refractivity contribution < 1.29 is 9.59 Å². The number of amides is 2. The van der Waals surface area contributed by atoms with E-state index in [0.717, 1.165) is 6.42 Å². The highest BCUT2D eigenvalue weighted by Gasteiger charge is 2.17. The Bertz CT molecular complexity index is 648. The summed E-state index contributed by atoms with van der Waals surface area (Å²) in [7, 11) is 3.36. The predicted molar refractivity (Wildman–Crippen MR) is 127 cm³/mol. The number of nitrogens with zero attached hydrogens (tertiary/aromatic N) is 3. The second-order valence-electron chi connectivity index (χ2n) is 5.83. The molecule has 0 radical (unpaired) electrons. The van der Waals surface area contributed by atoms with Gasteiger partial charge in [-0.2, -0.15) is 5.10 Å². The molecule has 1 unspecified atom stereocenters. The molecule has 1 rings (SSSR count). The highest BCUT2D eigenvalue weighted by Crippen LogP contribution is 2.12. The van der Waals surface area contributed by atoms with Crippen molar-refractivity contribution in [2.24, 2.45) is 16.5 Å². The van der Waals surface area contributed by atoms with Crippen LogP contribution in [0.2, 0.25) is 0 Å². The van der Waals surface area contributed by atoms with Gasteiger partial charge in [0.1, 0.15) is 0 Å². The van der Waals surface area contributed by atoms with Gasteiger partial charge in [0.2, 0.25) is 5.91 Å². The van der Waals surface area contributed by atoms with E-state index in [2.05, 4.69) is 46.2 Å². The summed E-state index contributed by atoms with van der Waals surface area (Å²) in [6, 6.07) is 0. The van der Waals surface area contributed by atoms with Crippen LogP contribution in [0, 0.1) is 0 Å². The first-order valence-electron chi connectivity index (χ1n) is 9.95. The van der Waals surface area contributed by atoms with E-state index in [1.54, 1.807) is 32.0 Å². The fourth-order valence-corrected chi connectivity index (χ4v) is 1.71. The Morgan fingerprint density at radius 2 is 1.90 bits per heavy atom. The van der Waals surface area contributed by atoms with Gasteiger partial charge >= 0.3 is 0 Å². The van der Waals surface area contributed by atoms with E-state index in [4.69, 9.17) is 11.5 Å². The maximum atomic E-state index is 12.1. The summed E-state index contributed by atoms with van der Waals surface area (Å²) in [6.45, 7) is 15.1. The van der Waals surface area contributed by atoms with Gasteiger partial charge in [-0.15, -0.1) is 6.58 Å². The quantitative estimate of drug-likeness (QED) is 0.327. The van der Waals surface area contributed by atoms with Gasteiger partial charge in [0.05, 0.1) is 30.2 Å². The monoisotopic (exact) mass is 423 g/mol. The SMILES string of the molecule is C/C=C\CC.C=CC.CC.CC(N)/N=C(/C(=O)Nc1cn[nH]c1CC(N)=O)N(C)C. The summed E-state index contributed by atoms with van der Waals surface area (Å²) in [6.07, 6.45) is 7.94. The fourth-order valence-electron chi connectivity index (χ4n) is 1.71. The van der Waals surface area contributed by atoms with Gasteiger partial charge in [-0.1, -0.05) is 39.0 Å². The van der Waals surface area contributed by atoms with Crippen molar-refractivity contribution in [3.63, 3.8) is 0 Å². The molecule has 2 amide bonds. The normalized spacial score (nSPS) is 10.9. The fraction of sp³-hybridized carbons (Fsp3) is 0.524. The molecule has 6 N–H and O–H groups in total. The molecular formula is C21H41N7O2. The van der Waals surface area contributed by atoms with Crippen LogP contribution < -0.4 is 16.8 Å². The zero-order valence-corrected chi connectivity index (χ0v) is 19.8. The molecule has 0 fully saturated rings. The van der Waals surface area contributed by atoms with E-state index in [0.29, 0.717) is 11.4 Å². The number of nitrogens with one attached hydrogen (secondary N) is 2. The van der Waals surface area contributed by atoms with E-state index < -0.39 is 18.0 Å². The lowest BCUT2D eigenvalue weighted by Gasteiger charge is -2.16. The molecule has 30 heavy (non-hydrogen) atoms. The molecule has 1 aromatic rings. The number of hydrogen-bond acceptors (Lipinski definition) is 5. The number of hydrogen-bond donors (Lipinski definition) is 4. The van der Waals surface area contributed by atoms with E-state index in [-0.39, 0.29) is 12.3 Å². The topological polar surface area (TPSA) is 142 Å². The molecule has 0 bridgehead atoms. The Morgan fingerprint density at radius 1 is 1.37 bits per heavy atom. The number of primary amides is 1. The molecule has 1 heterocycles. The lowest BCUT2D eigenvalue weighted by molar-refractivity contribution is -0.117. The van der Waals surface area contributed by atoms with Crippen LogP contribution in [0.4, 0.5) is 5.69 Å². The number of carbonyl (C=O) groups is 2. The molecule has 0 aliphatic heterocycles. The maximum absolute atomic E-state index is 12.1. The number of H-pyrrole nitrogens is 1. The molecule has 0 saturated heterocycles. The van der Waals surface area contributed by atoms with Crippen molar-refractivity contribution in [1.29, 1.82) is 0 Å². The molecule has 0 saturated carbocycles. The standard InChI is InChI=1S/C11H19N7O2.C5H10.C3H6.C2H6/c1-6(12)15-10(18(2)3)11(20)16-8-5-14-17-7(8)4-9(13)19;1-3-5-4-2;1-3-2;1-2/h5-6H,4,12H2,1-3H3,(H2,13,19)(H,14,17)(H,16,20);3,5H,4H2,1-2H3;3H,1H2,2H3;1-2H3/b15-10-;5-3-;;. The third-order valence-electron chi connectivity index (χ3n) is 2.74. The summed E-state index contributed by atoms with van der Waals surface area (Å²) >= 11 is 0. The van der Waals surface area contributed by atoms with Crippen molar-refractivity contribution in [3.8, 4) is 0 Å². The van der Waals surface area contributed by atoms with E-state index in [1.165, 1.54) is 6.20 Å². The third kappa shape index (κ3) is 17.2. The molecule has 0 aromatic carbocycles. The number of allylic oxidation sites excluding steroid dienone is 3. The Balaban J connectivity index is -0.000000613. The first kappa shape index (κ1) is 31.7. The maximum Gasteiger partial charge on any atom is 0.291 e. The number of rotatable bonds is 5. The highest BCUT2D eigenvalue weighted by molar-refractivity contribution is 6.42. The van der Waals surface area contributed by atoms with Gasteiger partial charge in [0.15, 0.2) is 5.84 Å². The average molecular weight is 424 g/mol. The van der Waals surface area contributed by atoms with Crippen LogP contribution in [0.15, 0.2) is 36.0 Å². The number of aliphatic imine (C=N–C) groups is 1. The van der Waals surface area contributed by atoms with Gasteiger partial charge < -0.3 is 21.7 Å². The predicted octanol–water partition coefficient (Wildman–Crippen LogP) is 2.83. The minimum atomic E-state index is -0.526. The Labute approximate surface area is 181 Å². The summed E-state index contributed by atoms with van der Waals surface area (Å²) in [4.78, 5) is 28.6. The van der Waals surface area contributed by atoms with Crippen LogP contribution >= 0.6 is 0 Å². The van der Waals surface area contributed by atoms with E-state index in [1.807, 2.05) is 27.7 Å². The largest absolute Gasteiger partial charge is 0.369 e. The molecule has 172 valence electrons. The lowest BCUT2D eigenvalue weighted by Crippen LogP contribution is -2.37. The van der Waals surface area contributed by atoms with Crippen LogP contribution in [-0.2, 0) is 16.0 Å². The third-order valence-corrected chi connectivity index (χ3v) is 2.74. The summed E-state index contributed by atoms with van der Waals surface area (Å²) in [5, 5.41) is 8.99. The van der Waals surface area contributed by atoms with Gasteiger partial charge in [-0.25, -0.2) is 4.99 Å². The zero-order chi connectivity index (χ0) is 24.1. The minimum Gasteiger partial charge on any atom is -0.369 e.